The highest BCUT2D eigenvalue weighted by molar-refractivity contribution is 7.99. The molecule has 0 heterocycles. The summed E-state index contributed by atoms with van der Waals surface area (Å²) in [6.07, 6.45) is 0. The predicted molar refractivity (Wildman–Crippen MR) is 99.9 cm³/mol. The van der Waals surface area contributed by atoms with Crippen molar-refractivity contribution in [3.63, 3.8) is 0 Å². The van der Waals surface area contributed by atoms with Gasteiger partial charge in [0.1, 0.15) is 5.75 Å². The molecule has 0 saturated heterocycles. The molecule has 0 radical (unpaired) electrons. The van der Waals surface area contributed by atoms with Crippen molar-refractivity contribution in [1.82, 2.24) is 0 Å². The van der Waals surface area contributed by atoms with E-state index in [0.29, 0.717) is 11.1 Å². The molecule has 1 atom stereocenters. The fourth-order valence-corrected chi connectivity index (χ4v) is 3.92. The second-order valence-corrected chi connectivity index (χ2v) is 7.03. The Morgan fingerprint density at radius 3 is 2.27 bits per heavy atom. The first-order valence-corrected chi connectivity index (χ1v) is 8.92. The molecule has 0 spiro atoms. The van der Waals surface area contributed by atoms with E-state index in [1.807, 2.05) is 31.2 Å². The van der Waals surface area contributed by atoms with Crippen molar-refractivity contribution < 1.29 is 18.6 Å². The quantitative estimate of drug-likeness (QED) is 0.568. The van der Waals surface area contributed by atoms with Crippen LogP contribution in [0, 0.1) is 18.6 Å². The van der Waals surface area contributed by atoms with E-state index in [2.05, 4.69) is 0 Å². The van der Waals surface area contributed by atoms with Crippen molar-refractivity contribution in [2.24, 2.45) is 0 Å². The molecule has 134 valence electrons. The van der Waals surface area contributed by atoms with Gasteiger partial charge in [-0.2, -0.15) is 4.39 Å². The fraction of sp³-hybridized carbons (Fsp3) is 0.143. The zero-order valence-electron chi connectivity index (χ0n) is 14.4. The highest BCUT2D eigenvalue weighted by Gasteiger charge is 2.25. The summed E-state index contributed by atoms with van der Waals surface area (Å²) < 4.78 is 33.1. The number of thioether (sulfide) groups is 1. The third kappa shape index (κ3) is 3.68. The Morgan fingerprint density at radius 1 is 0.923 bits per heavy atom. The maximum atomic E-state index is 14.3. The van der Waals surface area contributed by atoms with Crippen LogP contribution in [0.1, 0.15) is 21.9 Å². The number of phenolic OH excluding ortho intramolecular Hbond substituents is 1. The number of para-hydroxylation sites is 1. The van der Waals surface area contributed by atoms with Gasteiger partial charge in [0.15, 0.2) is 11.6 Å². The third-order valence-corrected chi connectivity index (χ3v) is 5.35. The third-order valence-electron chi connectivity index (χ3n) is 4.06. The lowest BCUT2D eigenvalue weighted by molar-refractivity contribution is 0.367. The van der Waals surface area contributed by atoms with Gasteiger partial charge in [-0.05, 0) is 31.2 Å². The van der Waals surface area contributed by atoms with Crippen LogP contribution in [0.25, 0.3) is 0 Å². The van der Waals surface area contributed by atoms with Crippen molar-refractivity contribution in [1.29, 1.82) is 0 Å². The van der Waals surface area contributed by atoms with Gasteiger partial charge >= 0.3 is 0 Å². The molecule has 1 unspecified atom stereocenters. The smallest absolute Gasteiger partial charge is 0.200 e. The lowest BCUT2D eigenvalue weighted by Crippen LogP contribution is -2.04. The summed E-state index contributed by atoms with van der Waals surface area (Å²) >= 11 is 1.43. The maximum absolute atomic E-state index is 14.3. The van der Waals surface area contributed by atoms with Crippen LogP contribution in [0.5, 0.6) is 11.5 Å². The largest absolute Gasteiger partial charge is 0.508 e. The van der Waals surface area contributed by atoms with Crippen LogP contribution in [-0.2, 0) is 0 Å². The highest BCUT2D eigenvalue weighted by Crippen LogP contribution is 2.47. The molecule has 0 aromatic heterocycles. The number of benzene rings is 3. The molecule has 0 aliphatic carbocycles. The van der Waals surface area contributed by atoms with Gasteiger partial charge in [-0.15, -0.1) is 11.8 Å². The Kier molecular flexibility index (Phi) is 5.47. The normalized spacial score (nSPS) is 12.0. The monoisotopic (exact) mass is 372 g/mol. The summed E-state index contributed by atoms with van der Waals surface area (Å²) in [5, 5.41) is 9.86. The van der Waals surface area contributed by atoms with E-state index in [-0.39, 0.29) is 11.5 Å². The summed E-state index contributed by atoms with van der Waals surface area (Å²) in [7, 11) is 1.31. The molecule has 0 amide bonds. The summed E-state index contributed by atoms with van der Waals surface area (Å²) in [4.78, 5) is 0.940. The van der Waals surface area contributed by atoms with Crippen molar-refractivity contribution in [3.8, 4) is 11.5 Å². The molecule has 0 aliphatic rings. The van der Waals surface area contributed by atoms with Gasteiger partial charge in [0.05, 0.1) is 12.4 Å². The van der Waals surface area contributed by atoms with Gasteiger partial charge in [0.2, 0.25) is 5.82 Å². The number of hydrogen-bond acceptors (Lipinski definition) is 3. The summed E-state index contributed by atoms with van der Waals surface area (Å²) in [6, 6.07) is 17.3. The Labute approximate surface area is 155 Å². The van der Waals surface area contributed by atoms with Crippen molar-refractivity contribution in [2.45, 2.75) is 17.1 Å². The molecule has 2 nitrogen and oxygen atoms in total. The number of hydrogen-bond donors (Lipinski definition) is 1. The summed E-state index contributed by atoms with van der Waals surface area (Å²) in [5.41, 5.74) is 2.18. The number of halogens is 2. The molecule has 3 aromatic rings. The van der Waals surface area contributed by atoms with Gasteiger partial charge in [-0.3, -0.25) is 0 Å². The zero-order valence-corrected chi connectivity index (χ0v) is 15.2. The molecule has 0 saturated carbocycles. The van der Waals surface area contributed by atoms with Gasteiger partial charge in [0.25, 0.3) is 0 Å². The van der Waals surface area contributed by atoms with Crippen LogP contribution in [0.15, 0.2) is 65.6 Å². The topological polar surface area (TPSA) is 29.5 Å². The van der Waals surface area contributed by atoms with Crippen molar-refractivity contribution >= 4 is 11.8 Å². The van der Waals surface area contributed by atoms with E-state index in [9.17, 15) is 13.9 Å². The molecule has 3 aromatic carbocycles. The number of methoxy groups -OCH3 is 1. The number of aryl methyl sites for hydroxylation is 1. The number of aromatic hydroxyl groups is 1. The SMILES string of the molecule is COc1c(C(Sc2ccc(C)cc2)c2ccccc2O)ccc(F)c1F. The standard InChI is InChI=1S/C21H18F2O2S/c1-13-7-9-14(10-8-13)26-21(15-5-3-4-6-18(15)24)16-11-12-17(22)19(23)20(16)25-2/h3-12,21,24H,1-2H3. The minimum atomic E-state index is -1.03. The molecular formula is C21H18F2O2S. The second kappa shape index (κ2) is 7.79. The highest BCUT2D eigenvalue weighted by atomic mass is 32.2. The number of rotatable bonds is 5. The average molecular weight is 372 g/mol. The molecule has 0 bridgehead atoms. The Balaban J connectivity index is 2.14. The average Bonchev–Trinajstić information content (AvgIpc) is 2.64. The molecule has 1 N–H and O–H groups in total. The van der Waals surface area contributed by atoms with Crippen LogP contribution in [0.4, 0.5) is 8.78 Å². The van der Waals surface area contributed by atoms with E-state index >= 15 is 0 Å². The molecule has 5 heteroatoms. The lowest BCUT2D eigenvalue weighted by atomic mass is 10.0. The first-order valence-electron chi connectivity index (χ1n) is 8.04. The van der Waals surface area contributed by atoms with Gasteiger partial charge in [0, 0.05) is 16.0 Å². The minimum Gasteiger partial charge on any atom is -0.508 e. The Bertz CT molecular complexity index is 910. The van der Waals surface area contributed by atoms with Crippen LogP contribution in [0.3, 0.4) is 0 Å². The molecule has 0 aliphatic heterocycles. The Morgan fingerprint density at radius 2 is 1.62 bits per heavy atom. The van der Waals surface area contributed by atoms with Gasteiger partial charge in [-0.1, -0.05) is 42.0 Å². The van der Waals surface area contributed by atoms with E-state index in [1.54, 1.807) is 24.3 Å². The van der Waals surface area contributed by atoms with Crippen LogP contribution < -0.4 is 4.74 Å². The van der Waals surface area contributed by atoms with E-state index < -0.39 is 16.9 Å². The summed E-state index contributed by atoms with van der Waals surface area (Å²) in [5.74, 6) is -2.07. The first kappa shape index (κ1) is 18.3. The maximum Gasteiger partial charge on any atom is 0.200 e. The van der Waals surface area contributed by atoms with Gasteiger partial charge in [-0.25, -0.2) is 4.39 Å². The predicted octanol–water partition coefficient (Wildman–Crippen LogP) is 5.87. The molecule has 26 heavy (non-hydrogen) atoms. The zero-order chi connectivity index (χ0) is 18.7. The van der Waals surface area contributed by atoms with E-state index in [1.165, 1.54) is 24.9 Å². The Hall–Kier alpha value is -2.53. The summed E-state index contributed by atoms with van der Waals surface area (Å²) in [6.45, 7) is 1.99. The minimum absolute atomic E-state index is 0.0869. The van der Waals surface area contributed by atoms with E-state index in [4.69, 9.17) is 4.74 Å². The molecule has 3 rings (SSSR count). The van der Waals surface area contributed by atoms with Crippen LogP contribution >= 0.6 is 11.8 Å². The molecular weight excluding hydrogens is 354 g/mol. The fourth-order valence-electron chi connectivity index (χ4n) is 2.72. The first-order chi connectivity index (χ1) is 12.5. The van der Waals surface area contributed by atoms with Crippen molar-refractivity contribution in [3.05, 3.63) is 89.0 Å². The molecule has 0 fully saturated rings. The lowest BCUT2D eigenvalue weighted by Gasteiger charge is -2.21. The number of phenols is 1. The van der Waals surface area contributed by atoms with Gasteiger partial charge < -0.3 is 9.84 Å². The van der Waals surface area contributed by atoms with Crippen LogP contribution in [0.2, 0.25) is 0 Å². The second-order valence-electron chi connectivity index (χ2n) is 5.85. The van der Waals surface area contributed by atoms with Crippen molar-refractivity contribution in [2.75, 3.05) is 7.11 Å². The number of ether oxygens (including phenoxy) is 1. The van der Waals surface area contributed by atoms with E-state index in [0.717, 1.165) is 16.5 Å². The van der Waals surface area contributed by atoms with Crippen LogP contribution in [-0.4, -0.2) is 12.2 Å².